The third-order valence-electron chi connectivity index (χ3n) is 5.13. The number of anilines is 1. The van der Waals surface area contributed by atoms with Crippen LogP contribution in [0.3, 0.4) is 0 Å². The number of nitrogens with zero attached hydrogens (tertiary/aromatic N) is 4. The van der Waals surface area contributed by atoms with Crippen molar-refractivity contribution in [3.63, 3.8) is 0 Å². The average molecular weight is 435 g/mol. The molecule has 0 saturated carbocycles. The molecule has 33 heavy (non-hydrogen) atoms. The van der Waals surface area contributed by atoms with E-state index in [0.717, 1.165) is 16.3 Å². The molecular weight excluding hydrogens is 414 g/mol. The Morgan fingerprint density at radius 1 is 0.970 bits per heavy atom. The highest BCUT2D eigenvalue weighted by Gasteiger charge is 2.09. The van der Waals surface area contributed by atoms with Gasteiger partial charge in [0.2, 0.25) is 11.8 Å². The molecule has 0 atom stereocenters. The Morgan fingerprint density at radius 3 is 2.61 bits per heavy atom. The Kier molecular flexibility index (Phi) is 5.51. The summed E-state index contributed by atoms with van der Waals surface area (Å²) < 4.78 is 7.55. The van der Waals surface area contributed by atoms with E-state index in [2.05, 4.69) is 20.4 Å². The van der Waals surface area contributed by atoms with E-state index in [1.165, 1.54) is 0 Å². The summed E-state index contributed by atoms with van der Waals surface area (Å²) in [4.78, 5) is 21.3. The van der Waals surface area contributed by atoms with Gasteiger partial charge in [-0.25, -0.2) is 9.67 Å². The number of amides is 1. The van der Waals surface area contributed by atoms with Gasteiger partial charge in [-0.3, -0.25) is 4.79 Å². The van der Waals surface area contributed by atoms with Gasteiger partial charge in [-0.05, 0) is 53.6 Å². The van der Waals surface area contributed by atoms with Gasteiger partial charge >= 0.3 is 0 Å². The Bertz CT molecular complexity index is 1410. The zero-order chi connectivity index (χ0) is 22.6. The quantitative estimate of drug-likeness (QED) is 0.401. The van der Waals surface area contributed by atoms with Crippen molar-refractivity contribution in [2.45, 2.75) is 13.3 Å². The normalized spacial score (nSPS) is 10.8. The van der Waals surface area contributed by atoms with Crippen molar-refractivity contribution < 1.29 is 9.53 Å². The molecule has 0 aliphatic heterocycles. The van der Waals surface area contributed by atoms with Crippen LogP contribution in [-0.4, -0.2) is 25.7 Å². The van der Waals surface area contributed by atoms with Crippen LogP contribution in [0.15, 0.2) is 91.3 Å². The van der Waals surface area contributed by atoms with Crippen molar-refractivity contribution in [2.75, 3.05) is 5.32 Å². The van der Waals surface area contributed by atoms with Crippen LogP contribution in [0.2, 0.25) is 0 Å². The summed E-state index contributed by atoms with van der Waals surface area (Å²) in [5.74, 6) is 2.15. The number of carbonyl (C=O) groups excluding carboxylic acids is 1. The molecule has 2 aromatic heterocycles. The summed E-state index contributed by atoms with van der Waals surface area (Å²) in [5, 5.41) is 9.36. The SMILES string of the molecule is Cc1nc(Oc2ccc(NC(=O)Cc3cccc4ccccc34)cc2)cc(-n2cccn2)n1. The molecule has 5 aromatic rings. The Balaban J connectivity index is 1.26. The fourth-order valence-corrected chi connectivity index (χ4v) is 3.65. The minimum Gasteiger partial charge on any atom is -0.439 e. The maximum Gasteiger partial charge on any atom is 0.228 e. The second kappa shape index (κ2) is 8.92. The molecule has 1 N–H and O–H groups in total. The molecule has 0 fully saturated rings. The van der Waals surface area contributed by atoms with Crippen LogP contribution in [-0.2, 0) is 11.2 Å². The molecule has 1 amide bonds. The molecule has 0 spiro atoms. The molecule has 7 nitrogen and oxygen atoms in total. The molecule has 162 valence electrons. The molecular formula is C26H21N5O2. The lowest BCUT2D eigenvalue weighted by Crippen LogP contribution is -2.14. The predicted molar refractivity (Wildman–Crippen MR) is 127 cm³/mol. The lowest BCUT2D eigenvalue weighted by atomic mass is 10.0. The van der Waals surface area contributed by atoms with Crippen LogP contribution in [0.25, 0.3) is 16.6 Å². The molecule has 3 aromatic carbocycles. The van der Waals surface area contributed by atoms with Crippen LogP contribution in [0.5, 0.6) is 11.6 Å². The van der Waals surface area contributed by atoms with Crippen LogP contribution < -0.4 is 10.1 Å². The maximum atomic E-state index is 12.6. The minimum absolute atomic E-state index is 0.0738. The fraction of sp³-hybridized carbons (Fsp3) is 0.0769. The first-order chi connectivity index (χ1) is 16.1. The van der Waals surface area contributed by atoms with Crippen molar-refractivity contribution in [3.05, 3.63) is 103 Å². The van der Waals surface area contributed by atoms with Crippen LogP contribution >= 0.6 is 0 Å². The first kappa shape index (κ1) is 20.4. The van der Waals surface area contributed by atoms with Crippen molar-refractivity contribution in [1.29, 1.82) is 0 Å². The molecule has 0 aliphatic carbocycles. The van der Waals surface area contributed by atoms with Crippen LogP contribution in [0, 0.1) is 6.92 Å². The summed E-state index contributed by atoms with van der Waals surface area (Å²) in [6.07, 6.45) is 3.79. The van der Waals surface area contributed by atoms with E-state index >= 15 is 0 Å². The largest absolute Gasteiger partial charge is 0.439 e. The smallest absolute Gasteiger partial charge is 0.228 e. The number of hydrogen-bond donors (Lipinski definition) is 1. The van der Waals surface area contributed by atoms with E-state index in [0.29, 0.717) is 35.4 Å². The van der Waals surface area contributed by atoms with E-state index < -0.39 is 0 Å². The second-order valence-corrected chi connectivity index (χ2v) is 7.55. The topological polar surface area (TPSA) is 81.9 Å². The van der Waals surface area contributed by atoms with E-state index in [-0.39, 0.29) is 5.91 Å². The predicted octanol–water partition coefficient (Wildman–Crippen LogP) is 5.10. The van der Waals surface area contributed by atoms with Gasteiger partial charge in [-0.1, -0.05) is 42.5 Å². The number of ether oxygens (including phenoxy) is 1. The number of nitrogens with one attached hydrogen (secondary N) is 1. The highest BCUT2D eigenvalue weighted by molar-refractivity contribution is 5.96. The first-order valence-electron chi connectivity index (χ1n) is 10.5. The van der Waals surface area contributed by atoms with Crippen molar-refractivity contribution in [3.8, 4) is 17.4 Å². The summed E-state index contributed by atoms with van der Waals surface area (Å²) in [5.41, 5.74) is 1.70. The van der Waals surface area contributed by atoms with Gasteiger partial charge in [0.25, 0.3) is 0 Å². The third-order valence-corrected chi connectivity index (χ3v) is 5.13. The minimum atomic E-state index is -0.0738. The van der Waals surface area contributed by atoms with Gasteiger partial charge in [-0.2, -0.15) is 10.1 Å². The number of hydrogen-bond acceptors (Lipinski definition) is 5. The van der Waals surface area contributed by atoms with E-state index in [9.17, 15) is 4.79 Å². The number of aryl methyl sites for hydroxylation is 1. The second-order valence-electron chi connectivity index (χ2n) is 7.55. The number of fused-ring (bicyclic) bond motifs is 1. The van der Waals surface area contributed by atoms with Gasteiger partial charge in [0, 0.05) is 24.1 Å². The highest BCUT2D eigenvalue weighted by Crippen LogP contribution is 2.24. The van der Waals surface area contributed by atoms with E-state index in [1.54, 1.807) is 54.3 Å². The molecule has 0 unspecified atom stereocenters. The van der Waals surface area contributed by atoms with Gasteiger partial charge in [0.05, 0.1) is 6.42 Å². The molecule has 0 radical (unpaired) electrons. The van der Waals surface area contributed by atoms with Crippen molar-refractivity contribution in [2.24, 2.45) is 0 Å². The third kappa shape index (κ3) is 4.72. The molecule has 5 rings (SSSR count). The molecule has 0 aliphatic rings. The molecule has 2 heterocycles. The average Bonchev–Trinajstić information content (AvgIpc) is 3.35. The standard InChI is InChI=1S/C26H21N5O2/c1-18-28-24(31-15-5-14-27-31)17-26(29-18)33-22-12-10-21(11-13-22)30-25(32)16-20-8-4-7-19-6-2-3-9-23(19)20/h2-15,17H,16H2,1H3,(H,30,32). The lowest BCUT2D eigenvalue weighted by Gasteiger charge is -2.10. The van der Waals surface area contributed by atoms with E-state index in [4.69, 9.17) is 4.74 Å². The number of benzene rings is 3. The number of aromatic nitrogens is 4. The van der Waals surface area contributed by atoms with Gasteiger partial charge in [0.1, 0.15) is 11.6 Å². The zero-order valence-corrected chi connectivity index (χ0v) is 18.0. The van der Waals surface area contributed by atoms with Crippen molar-refractivity contribution >= 4 is 22.4 Å². The number of rotatable bonds is 6. The summed E-state index contributed by atoms with van der Waals surface area (Å²) in [7, 11) is 0. The molecule has 7 heteroatoms. The highest BCUT2D eigenvalue weighted by atomic mass is 16.5. The van der Waals surface area contributed by atoms with Crippen molar-refractivity contribution in [1.82, 2.24) is 19.7 Å². The summed E-state index contributed by atoms with van der Waals surface area (Å²) >= 11 is 0. The lowest BCUT2D eigenvalue weighted by molar-refractivity contribution is -0.115. The maximum absolute atomic E-state index is 12.6. The molecule has 0 bridgehead atoms. The molecule has 0 saturated heterocycles. The Labute approximate surface area is 190 Å². The van der Waals surface area contributed by atoms with Gasteiger partial charge in [0.15, 0.2) is 5.82 Å². The Hall–Kier alpha value is -4.52. The monoisotopic (exact) mass is 435 g/mol. The van der Waals surface area contributed by atoms with Gasteiger partial charge in [-0.15, -0.1) is 0 Å². The van der Waals surface area contributed by atoms with Crippen LogP contribution in [0.4, 0.5) is 5.69 Å². The first-order valence-corrected chi connectivity index (χ1v) is 10.5. The summed E-state index contributed by atoms with van der Waals surface area (Å²) in [6, 6.07) is 24.8. The van der Waals surface area contributed by atoms with E-state index in [1.807, 2.05) is 48.5 Å². The van der Waals surface area contributed by atoms with Crippen LogP contribution in [0.1, 0.15) is 11.4 Å². The number of carbonyl (C=O) groups is 1. The Morgan fingerprint density at radius 2 is 1.79 bits per heavy atom. The fourth-order valence-electron chi connectivity index (χ4n) is 3.65. The zero-order valence-electron chi connectivity index (χ0n) is 18.0. The van der Waals surface area contributed by atoms with Gasteiger partial charge < -0.3 is 10.1 Å². The summed E-state index contributed by atoms with van der Waals surface area (Å²) in [6.45, 7) is 1.80.